The zero-order chi connectivity index (χ0) is 22.6. The number of rotatable bonds is 6. The molecule has 33 heavy (non-hydrogen) atoms. The van der Waals surface area contributed by atoms with E-state index in [0.29, 0.717) is 12.3 Å². The minimum absolute atomic E-state index is 0.259. The van der Waals surface area contributed by atoms with Crippen molar-refractivity contribution in [3.05, 3.63) is 59.2 Å². The van der Waals surface area contributed by atoms with Gasteiger partial charge >= 0.3 is 6.09 Å². The molecular weight excluding hydrogens is 416 g/mol. The van der Waals surface area contributed by atoms with E-state index in [1.807, 2.05) is 12.1 Å². The third-order valence-corrected chi connectivity index (χ3v) is 7.00. The van der Waals surface area contributed by atoms with E-state index in [-0.39, 0.29) is 12.3 Å². The Morgan fingerprint density at radius 1 is 1.09 bits per heavy atom. The Morgan fingerprint density at radius 2 is 1.94 bits per heavy atom. The van der Waals surface area contributed by atoms with E-state index in [1.165, 1.54) is 22.4 Å². The number of hydrogen-bond acceptors (Lipinski definition) is 6. The first kappa shape index (κ1) is 22.2. The highest BCUT2D eigenvalue weighted by molar-refractivity contribution is 5.71. The molecule has 7 heteroatoms. The normalized spacial score (nSPS) is 20.5. The highest BCUT2D eigenvalue weighted by atomic mass is 16.6. The van der Waals surface area contributed by atoms with Gasteiger partial charge in [0.15, 0.2) is 0 Å². The number of fused-ring (bicyclic) bond motifs is 4. The van der Waals surface area contributed by atoms with Crippen molar-refractivity contribution in [2.45, 2.75) is 32.0 Å². The molecule has 1 fully saturated rings. The monoisotopic (exact) mass is 450 g/mol. The van der Waals surface area contributed by atoms with Gasteiger partial charge in [-0.05, 0) is 60.7 Å². The van der Waals surface area contributed by atoms with Crippen LogP contribution < -0.4 is 15.0 Å². The minimum atomic E-state index is -0.379. The zero-order valence-electron chi connectivity index (χ0n) is 19.5. The van der Waals surface area contributed by atoms with Crippen LogP contribution in [0.25, 0.3) is 0 Å². The van der Waals surface area contributed by atoms with E-state index in [4.69, 9.17) is 9.47 Å². The van der Waals surface area contributed by atoms with Gasteiger partial charge in [-0.1, -0.05) is 24.3 Å². The average molecular weight is 451 g/mol. The summed E-state index contributed by atoms with van der Waals surface area (Å²) in [5.41, 5.74) is 5.23. The molecule has 3 aliphatic rings. The SMILES string of the molecule is CN1c2ccc(OC(=O)NCCCCN3CCOCC3)cc2CN2CCc3ccccc3C21. The second-order valence-corrected chi connectivity index (χ2v) is 9.17. The predicted octanol–water partition coefficient (Wildman–Crippen LogP) is 3.39. The molecule has 3 aliphatic heterocycles. The van der Waals surface area contributed by atoms with Gasteiger partial charge in [0, 0.05) is 45.5 Å². The maximum Gasteiger partial charge on any atom is 0.412 e. The quantitative estimate of drug-likeness (QED) is 0.681. The molecule has 3 heterocycles. The van der Waals surface area contributed by atoms with E-state index in [0.717, 1.165) is 65.2 Å². The van der Waals surface area contributed by atoms with Crippen molar-refractivity contribution in [1.29, 1.82) is 0 Å². The number of carbonyl (C=O) groups is 1. The van der Waals surface area contributed by atoms with Crippen molar-refractivity contribution >= 4 is 11.8 Å². The van der Waals surface area contributed by atoms with Gasteiger partial charge in [0.1, 0.15) is 11.9 Å². The topological polar surface area (TPSA) is 57.3 Å². The number of benzene rings is 2. The van der Waals surface area contributed by atoms with Crippen molar-refractivity contribution in [1.82, 2.24) is 15.1 Å². The molecule has 1 saturated heterocycles. The van der Waals surface area contributed by atoms with Crippen LogP contribution in [-0.2, 0) is 17.7 Å². The molecule has 0 radical (unpaired) electrons. The van der Waals surface area contributed by atoms with Crippen molar-refractivity contribution in [3.8, 4) is 5.75 Å². The molecule has 0 bridgehead atoms. The van der Waals surface area contributed by atoms with Gasteiger partial charge in [0.05, 0.1) is 13.2 Å². The molecule has 2 aromatic carbocycles. The maximum atomic E-state index is 12.3. The molecule has 5 rings (SSSR count). The second-order valence-electron chi connectivity index (χ2n) is 9.17. The third-order valence-electron chi connectivity index (χ3n) is 7.00. The fraction of sp³-hybridized carbons (Fsp3) is 0.500. The number of nitrogens with one attached hydrogen (secondary N) is 1. The maximum absolute atomic E-state index is 12.3. The number of ether oxygens (including phenoxy) is 2. The molecular formula is C26H34N4O3. The molecule has 0 spiro atoms. The van der Waals surface area contributed by atoms with Crippen LogP contribution >= 0.6 is 0 Å². The Hall–Kier alpha value is -2.61. The summed E-state index contributed by atoms with van der Waals surface area (Å²) >= 11 is 0. The molecule has 0 saturated carbocycles. The van der Waals surface area contributed by atoms with Gasteiger partial charge in [-0.15, -0.1) is 0 Å². The van der Waals surface area contributed by atoms with Gasteiger partial charge in [-0.25, -0.2) is 4.79 Å². The first-order valence-corrected chi connectivity index (χ1v) is 12.1. The van der Waals surface area contributed by atoms with Crippen LogP contribution in [0.3, 0.4) is 0 Å². The van der Waals surface area contributed by atoms with E-state index < -0.39 is 0 Å². The highest BCUT2D eigenvalue weighted by Gasteiger charge is 2.35. The van der Waals surface area contributed by atoms with Crippen LogP contribution in [-0.4, -0.2) is 68.9 Å². The summed E-state index contributed by atoms with van der Waals surface area (Å²) < 4.78 is 11.0. The molecule has 0 aliphatic carbocycles. The van der Waals surface area contributed by atoms with Crippen LogP contribution in [0.5, 0.6) is 5.75 Å². The van der Waals surface area contributed by atoms with Gasteiger partial charge in [-0.3, -0.25) is 9.80 Å². The molecule has 176 valence electrons. The van der Waals surface area contributed by atoms with Gasteiger partial charge in [0.2, 0.25) is 0 Å². The standard InChI is InChI=1S/C26H34N4O3/c1-28-24-9-8-22(33-26(31)27-11-4-5-12-29-14-16-32-17-15-29)18-21(24)19-30-13-10-20-6-2-3-7-23(20)25(28)30/h2-3,6-9,18,25H,4-5,10-17,19H2,1H3,(H,27,31). The summed E-state index contributed by atoms with van der Waals surface area (Å²) in [5, 5.41) is 2.89. The summed E-state index contributed by atoms with van der Waals surface area (Å²) in [5.74, 6) is 0.601. The number of nitrogens with zero attached hydrogens (tertiary/aromatic N) is 3. The summed E-state index contributed by atoms with van der Waals surface area (Å²) in [6.45, 7) is 7.24. The molecule has 1 unspecified atom stereocenters. The Labute approximate surface area is 196 Å². The lowest BCUT2D eigenvalue weighted by Gasteiger charge is -2.47. The van der Waals surface area contributed by atoms with Crippen molar-refractivity contribution < 1.29 is 14.3 Å². The summed E-state index contributed by atoms with van der Waals surface area (Å²) in [4.78, 5) is 19.6. The smallest absolute Gasteiger partial charge is 0.410 e. The van der Waals surface area contributed by atoms with Crippen LogP contribution in [0.15, 0.2) is 42.5 Å². The molecule has 0 aromatic heterocycles. The van der Waals surface area contributed by atoms with Crippen LogP contribution in [0.1, 0.15) is 35.7 Å². The van der Waals surface area contributed by atoms with Crippen LogP contribution in [0, 0.1) is 0 Å². The largest absolute Gasteiger partial charge is 0.412 e. The summed E-state index contributed by atoms with van der Waals surface area (Å²) in [6, 6.07) is 14.7. The lowest BCUT2D eigenvalue weighted by atomic mass is 9.93. The van der Waals surface area contributed by atoms with Gasteiger partial charge in [-0.2, -0.15) is 0 Å². The molecule has 1 N–H and O–H groups in total. The Morgan fingerprint density at radius 3 is 2.82 bits per heavy atom. The lowest BCUT2D eigenvalue weighted by Crippen LogP contribution is -2.47. The summed E-state index contributed by atoms with van der Waals surface area (Å²) in [7, 11) is 2.15. The number of anilines is 1. The molecule has 7 nitrogen and oxygen atoms in total. The van der Waals surface area contributed by atoms with E-state index in [9.17, 15) is 4.79 Å². The average Bonchev–Trinajstić information content (AvgIpc) is 2.84. The number of carbonyl (C=O) groups excluding carboxylic acids is 1. The van der Waals surface area contributed by atoms with Crippen molar-refractivity contribution in [2.75, 3.05) is 57.9 Å². The van der Waals surface area contributed by atoms with Gasteiger partial charge in [0.25, 0.3) is 0 Å². The fourth-order valence-corrected chi connectivity index (χ4v) is 5.28. The predicted molar refractivity (Wildman–Crippen MR) is 129 cm³/mol. The first-order valence-electron chi connectivity index (χ1n) is 12.1. The van der Waals surface area contributed by atoms with Gasteiger partial charge < -0.3 is 19.7 Å². The molecule has 1 amide bonds. The lowest BCUT2D eigenvalue weighted by molar-refractivity contribution is 0.0372. The summed E-state index contributed by atoms with van der Waals surface area (Å²) in [6.07, 6.45) is 2.95. The van der Waals surface area contributed by atoms with Crippen LogP contribution in [0.2, 0.25) is 0 Å². The fourth-order valence-electron chi connectivity index (χ4n) is 5.28. The first-order chi connectivity index (χ1) is 16.2. The highest BCUT2D eigenvalue weighted by Crippen LogP contribution is 2.42. The van der Waals surface area contributed by atoms with Crippen molar-refractivity contribution in [2.24, 2.45) is 0 Å². The Balaban J connectivity index is 1.14. The Bertz CT molecular complexity index is 976. The zero-order valence-corrected chi connectivity index (χ0v) is 19.5. The number of morpholine rings is 1. The Kier molecular flexibility index (Phi) is 6.80. The number of amides is 1. The number of unbranched alkanes of at least 4 members (excludes halogenated alkanes) is 1. The number of hydrogen-bond donors (Lipinski definition) is 1. The third kappa shape index (κ3) is 5.00. The van der Waals surface area contributed by atoms with Crippen LogP contribution in [0.4, 0.5) is 10.5 Å². The molecule has 1 atom stereocenters. The van der Waals surface area contributed by atoms with Crippen molar-refractivity contribution in [3.63, 3.8) is 0 Å². The van der Waals surface area contributed by atoms with E-state index >= 15 is 0 Å². The van der Waals surface area contributed by atoms with E-state index in [2.05, 4.69) is 57.4 Å². The minimum Gasteiger partial charge on any atom is -0.410 e. The van der Waals surface area contributed by atoms with E-state index in [1.54, 1.807) is 0 Å². The second kappa shape index (κ2) is 10.1. The molecule has 2 aromatic rings.